The minimum absolute atomic E-state index is 0.0541. The van der Waals surface area contributed by atoms with Crippen LogP contribution in [0.25, 0.3) is 10.9 Å². The first-order chi connectivity index (χ1) is 28.2. The third kappa shape index (κ3) is 16.6. The molecule has 59 heavy (non-hydrogen) atoms. The van der Waals surface area contributed by atoms with E-state index in [0.29, 0.717) is 31.4 Å². The van der Waals surface area contributed by atoms with Crippen LogP contribution in [0.15, 0.2) is 30.5 Å². The van der Waals surface area contributed by atoms with Crippen molar-refractivity contribution in [2.45, 2.75) is 81.2 Å². The number of aromatic amines is 1. The number of carboxylic acid groups (broad SMARTS) is 1. The van der Waals surface area contributed by atoms with Crippen molar-refractivity contribution < 1.29 is 58.8 Å². The summed E-state index contributed by atoms with van der Waals surface area (Å²) in [5.74, 6) is -7.77. The van der Waals surface area contributed by atoms with Gasteiger partial charge in [-0.05, 0) is 63.2 Å². The van der Waals surface area contributed by atoms with Gasteiger partial charge in [-0.3, -0.25) is 33.6 Å². The number of carbonyl (C=O) groups is 8. The minimum Gasteiger partial charge on any atom is -0.480 e. The zero-order valence-corrected chi connectivity index (χ0v) is 32.5. The van der Waals surface area contributed by atoms with Crippen molar-refractivity contribution in [1.82, 2.24) is 42.2 Å². The van der Waals surface area contributed by atoms with Gasteiger partial charge in [-0.15, -0.1) is 0 Å². The third-order valence-electron chi connectivity index (χ3n) is 8.97. The highest BCUT2D eigenvalue weighted by molar-refractivity contribution is 5.97. The molecule has 0 aliphatic carbocycles. The third-order valence-corrected chi connectivity index (χ3v) is 8.97. The Morgan fingerprint density at radius 1 is 0.576 bits per heavy atom. The Hall–Kier alpha value is -5.72. The number of nitrogens with two attached hydrogens (primary N) is 3. The molecule has 328 valence electrons. The minimum atomic E-state index is -1.73. The Morgan fingerprint density at radius 3 is 1.54 bits per heavy atom. The second kappa shape index (κ2) is 26.3. The van der Waals surface area contributed by atoms with Gasteiger partial charge in [-0.25, -0.2) is 4.79 Å². The van der Waals surface area contributed by atoms with E-state index in [1.165, 1.54) is 0 Å². The van der Waals surface area contributed by atoms with E-state index < -0.39 is 110 Å². The molecule has 0 saturated heterocycles. The van der Waals surface area contributed by atoms with Gasteiger partial charge in [0.25, 0.3) is 0 Å². The Balaban J connectivity index is 2.35. The molecule has 23 nitrogen and oxygen atoms in total. The Bertz CT molecular complexity index is 1730. The second-order valence-corrected chi connectivity index (χ2v) is 13.4. The first-order valence-electron chi connectivity index (χ1n) is 19.0. The molecule has 0 aliphatic rings. The molecule has 7 amide bonds. The van der Waals surface area contributed by atoms with Gasteiger partial charge in [0.2, 0.25) is 41.4 Å². The molecule has 0 saturated carbocycles. The summed E-state index contributed by atoms with van der Waals surface area (Å²) in [6, 6.07) is -1.99. The predicted octanol–water partition coefficient (Wildman–Crippen LogP) is -5.99. The normalized spacial score (nSPS) is 14.1. The standard InChI is InChI=1S/C36H57N11O12/c37-11-5-3-9-23(42-30(52)16-41-29(51)14-39)31(53)44-25(13-20-15-40-22-8-2-1-7-21(20)22)33(55)46-26(17-48)34(56)43-24(10-4-6-12-38)32(54)45-27(18-49)35(57)47-28(19-50)36(58)59/h1-2,7-8,15,23-28,40,48-50H,3-6,9-14,16-19,37-39H2,(H,41,51)(H,42,52)(H,43,56)(H,44,53)(H,45,54)(H,46,55)(H,47,57)(H,58,59)/t23-,24-,25-,26-,27-,28-/m0/s1. The van der Waals surface area contributed by atoms with Gasteiger partial charge in [0.05, 0.1) is 32.9 Å². The van der Waals surface area contributed by atoms with Crippen LogP contribution in [-0.2, 0) is 44.8 Å². The van der Waals surface area contributed by atoms with E-state index in [-0.39, 0.29) is 38.8 Å². The number of aliphatic carboxylic acids is 1. The van der Waals surface area contributed by atoms with Crippen LogP contribution in [0.3, 0.4) is 0 Å². The Kier molecular flexibility index (Phi) is 22.0. The molecule has 0 fully saturated rings. The average molecular weight is 836 g/mol. The fraction of sp³-hybridized carbons (Fsp3) is 0.556. The molecule has 2 rings (SSSR count). The molecule has 23 heteroatoms. The summed E-state index contributed by atoms with van der Waals surface area (Å²) in [6.45, 7) is -3.25. The van der Waals surface area contributed by atoms with Gasteiger partial charge in [0.15, 0.2) is 0 Å². The highest BCUT2D eigenvalue weighted by atomic mass is 16.4. The van der Waals surface area contributed by atoms with Crippen LogP contribution in [0.5, 0.6) is 0 Å². The molecule has 2 aromatic rings. The number of hydrogen-bond donors (Lipinski definition) is 15. The average Bonchev–Trinajstić information content (AvgIpc) is 3.63. The lowest BCUT2D eigenvalue weighted by Gasteiger charge is -2.26. The molecule has 0 spiro atoms. The van der Waals surface area contributed by atoms with Crippen LogP contribution in [0, 0.1) is 0 Å². The summed E-state index contributed by atoms with van der Waals surface area (Å²) < 4.78 is 0. The second-order valence-electron chi connectivity index (χ2n) is 13.4. The maximum Gasteiger partial charge on any atom is 0.328 e. The molecule has 1 aromatic carbocycles. The smallest absolute Gasteiger partial charge is 0.328 e. The summed E-state index contributed by atoms with van der Waals surface area (Å²) in [5, 5.41) is 55.6. The number of H-pyrrole nitrogens is 1. The summed E-state index contributed by atoms with van der Waals surface area (Å²) in [4.78, 5) is 106. The molecule has 0 radical (unpaired) electrons. The van der Waals surface area contributed by atoms with E-state index >= 15 is 0 Å². The van der Waals surface area contributed by atoms with Gasteiger partial charge in [-0.1, -0.05) is 18.2 Å². The summed E-state index contributed by atoms with van der Waals surface area (Å²) in [5.41, 5.74) is 17.8. The van der Waals surface area contributed by atoms with Crippen molar-refractivity contribution in [1.29, 1.82) is 0 Å². The number of aromatic nitrogens is 1. The maximum absolute atomic E-state index is 14.0. The number of aliphatic hydroxyl groups excluding tert-OH is 3. The van der Waals surface area contributed by atoms with E-state index in [0.717, 1.165) is 10.9 Å². The number of carboxylic acids is 1. The van der Waals surface area contributed by atoms with Crippen LogP contribution < -0.4 is 54.4 Å². The molecule has 1 heterocycles. The quantitative estimate of drug-likeness (QED) is 0.0355. The molecule has 18 N–H and O–H groups in total. The fourth-order valence-electron chi connectivity index (χ4n) is 5.68. The van der Waals surface area contributed by atoms with Crippen molar-refractivity contribution in [2.24, 2.45) is 17.2 Å². The van der Waals surface area contributed by atoms with Gasteiger partial charge in [0.1, 0.15) is 36.3 Å². The zero-order valence-electron chi connectivity index (χ0n) is 32.5. The van der Waals surface area contributed by atoms with E-state index in [4.69, 9.17) is 22.3 Å². The fourth-order valence-corrected chi connectivity index (χ4v) is 5.68. The van der Waals surface area contributed by atoms with Crippen LogP contribution in [-0.4, -0.2) is 155 Å². The monoisotopic (exact) mass is 835 g/mol. The largest absolute Gasteiger partial charge is 0.480 e. The maximum atomic E-state index is 14.0. The number of benzene rings is 1. The molecule has 0 aliphatic heterocycles. The number of rotatable bonds is 28. The lowest BCUT2D eigenvalue weighted by Crippen LogP contribution is -2.61. The topological polar surface area (TPSA) is 396 Å². The number of amides is 7. The lowest BCUT2D eigenvalue weighted by molar-refractivity contribution is -0.143. The molecule has 0 unspecified atom stereocenters. The van der Waals surface area contributed by atoms with Crippen molar-refractivity contribution in [3.05, 3.63) is 36.0 Å². The number of aliphatic hydroxyl groups is 3. The number of carbonyl (C=O) groups excluding carboxylic acids is 7. The van der Waals surface area contributed by atoms with Crippen molar-refractivity contribution in [3.63, 3.8) is 0 Å². The number of nitrogens with one attached hydrogen (secondary N) is 8. The van der Waals surface area contributed by atoms with Crippen molar-refractivity contribution in [3.8, 4) is 0 Å². The highest BCUT2D eigenvalue weighted by Crippen LogP contribution is 2.19. The first kappa shape index (κ1) is 49.4. The number of para-hydroxylation sites is 1. The molecule has 1 aromatic heterocycles. The van der Waals surface area contributed by atoms with E-state index in [2.05, 4.69) is 36.9 Å². The number of unbranched alkanes of at least 4 members (excludes halogenated alkanes) is 2. The summed E-state index contributed by atoms with van der Waals surface area (Å²) >= 11 is 0. The SMILES string of the molecule is NCCCC[C@H](NC(=O)CNC(=O)CN)C(=O)N[C@@H](Cc1c[nH]c2ccccc12)C(=O)N[C@@H](CO)C(=O)N[C@@H](CCCCN)C(=O)N[C@@H](CO)C(=O)N[C@@H](CO)C(=O)O. The van der Waals surface area contributed by atoms with Gasteiger partial charge >= 0.3 is 5.97 Å². The van der Waals surface area contributed by atoms with Gasteiger partial charge in [0, 0.05) is 23.5 Å². The van der Waals surface area contributed by atoms with Crippen LogP contribution >= 0.6 is 0 Å². The van der Waals surface area contributed by atoms with Gasteiger partial charge in [-0.2, -0.15) is 0 Å². The number of fused-ring (bicyclic) bond motifs is 1. The lowest BCUT2D eigenvalue weighted by atomic mass is 10.0. The molecular weight excluding hydrogens is 778 g/mol. The van der Waals surface area contributed by atoms with E-state index in [9.17, 15) is 53.7 Å². The predicted molar refractivity (Wildman–Crippen MR) is 210 cm³/mol. The summed E-state index contributed by atoms with van der Waals surface area (Å²) in [7, 11) is 0. The number of hydrogen-bond acceptors (Lipinski definition) is 14. The highest BCUT2D eigenvalue weighted by Gasteiger charge is 2.33. The van der Waals surface area contributed by atoms with Gasteiger partial charge < -0.3 is 79.8 Å². The van der Waals surface area contributed by atoms with Crippen LogP contribution in [0.4, 0.5) is 0 Å². The molecule has 0 bridgehead atoms. The Labute approximate surface area is 339 Å². The Morgan fingerprint density at radius 2 is 1.03 bits per heavy atom. The van der Waals surface area contributed by atoms with E-state index in [1.807, 2.05) is 5.32 Å². The van der Waals surface area contributed by atoms with Crippen LogP contribution in [0.2, 0.25) is 0 Å². The molecule has 6 atom stereocenters. The van der Waals surface area contributed by atoms with E-state index in [1.54, 1.807) is 30.5 Å². The van der Waals surface area contributed by atoms with Crippen molar-refractivity contribution >= 4 is 58.2 Å². The van der Waals surface area contributed by atoms with Crippen LogP contribution in [0.1, 0.15) is 44.1 Å². The summed E-state index contributed by atoms with van der Waals surface area (Å²) in [6.07, 6.45) is 3.15. The molecular formula is C36H57N11O12. The van der Waals surface area contributed by atoms with Crippen molar-refractivity contribution in [2.75, 3.05) is 46.0 Å². The first-order valence-corrected chi connectivity index (χ1v) is 19.0. The zero-order chi connectivity index (χ0) is 43.9.